The first-order valence-corrected chi connectivity index (χ1v) is 10.7. The molecule has 9 heteroatoms. The van der Waals surface area contributed by atoms with Crippen LogP contribution in [0.2, 0.25) is 0 Å². The highest BCUT2D eigenvalue weighted by Crippen LogP contribution is 2.33. The van der Waals surface area contributed by atoms with Gasteiger partial charge in [-0.15, -0.1) is 0 Å². The van der Waals surface area contributed by atoms with Crippen LogP contribution in [0.5, 0.6) is 11.5 Å². The van der Waals surface area contributed by atoms with Crippen LogP contribution in [0.4, 0.5) is 0 Å². The number of methoxy groups -OCH3 is 2. The van der Waals surface area contributed by atoms with Crippen molar-refractivity contribution in [2.24, 2.45) is 4.99 Å². The summed E-state index contributed by atoms with van der Waals surface area (Å²) in [5.74, 6) is 2.26. The Morgan fingerprint density at radius 3 is 2.56 bits per heavy atom. The zero-order valence-electron chi connectivity index (χ0n) is 14.6. The summed E-state index contributed by atoms with van der Waals surface area (Å²) >= 11 is 3.52. The van der Waals surface area contributed by atoms with E-state index >= 15 is 0 Å². The first kappa shape index (κ1) is 19.8. The Kier molecular flexibility index (Phi) is 6.95. The second kappa shape index (κ2) is 8.75. The van der Waals surface area contributed by atoms with Gasteiger partial charge < -0.3 is 20.1 Å². The van der Waals surface area contributed by atoms with Crippen LogP contribution in [0.1, 0.15) is 18.9 Å². The summed E-state index contributed by atoms with van der Waals surface area (Å²) in [6.45, 7) is 3.07. The van der Waals surface area contributed by atoms with Crippen molar-refractivity contribution in [1.82, 2.24) is 10.6 Å². The van der Waals surface area contributed by atoms with Crippen LogP contribution in [0.3, 0.4) is 0 Å². The Bertz CT molecular complexity index is 737. The number of nitrogens with one attached hydrogen (secondary N) is 2. The first-order chi connectivity index (χ1) is 11.9. The van der Waals surface area contributed by atoms with Gasteiger partial charge in [0.1, 0.15) is 0 Å². The van der Waals surface area contributed by atoms with E-state index in [0.717, 1.165) is 10.0 Å². The third kappa shape index (κ3) is 5.50. The largest absolute Gasteiger partial charge is 0.493 e. The molecule has 1 fully saturated rings. The van der Waals surface area contributed by atoms with Gasteiger partial charge in [0.25, 0.3) is 0 Å². The van der Waals surface area contributed by atoms with Crippen molar-refractivity contribution >= 4 is 31.7 Å². The topological polar surface area (TPSA) is 89.0 Å². The lowest BCUT2D eigenvalue weighted by molar-refractivity contribution is 0.354. The summed E-state index contributed by atoms with van der Waals surface area (Å²) in [5.41, 5.74) is 0.939. The van der Waals surface area contributed by atoms with Gasteiger partial charge in [0.05, 0.1) is 32.3 Å². The predicted octanol–water partition coefficient (Wildman–Crippen LogP) is 1.71. The third-order valence-corrected chi connectivity index (χ3v) is 6.38. The molecular weight excluding hydrogens is 410 g/mol. The SMILES string of the molecule is CCNC(=NCc1cc(OC)c(OC)cc1Br)NC1CCS(=O)(=O)C1. The molecule has 2 rings (SSSR count). The van der Waals surface area contributed by atoms with Crippen LogP contribution in [-0.4, -0.2) is 52.7 Å². The van der Waals surface area contributed by atoms with Gasteiger partial charge >= 0.3 is 0 Å². The fourth-order valence-corrected chi connectivity index (χ4v) is 4.72. The second-order valence-corrected chi connectivity index (χ2v) is 8.82. The summed E-state index contributed by atoms with van der Waals surface area (Å²) in [5, 5.41) is 6.35. The van der Waals surface area contributed by atoms with Gasteiger partial charge in [0.2, 0.25) is 0 Å². The van der Waals surface area contributed by atoms with Crippen molar-refractivity contribution in [3.8, 4) is 11.5 Å². The molecule has 1 unspecified atom stereocenters. The molecule has 1 aliphatic heterocycles. The number of guanidine groups is 1. The van der Waals surface area contributed by atoms with Crippen molar-refractivity contribution in [2.45, 2.75) is 25.9 Å². The number of aliphatic imine (C=N–C) groups is 1. The predicted molar refractivity (Wildman–Crippen MR) is 102 cm³/mol. The van der Waals surface area contributed by atoms with E-state index in [2.05, 4.69) is 31.6 Å². The van der Waals surface area contributed by atoms with E-state index in [4.69, 9.17) is 9.47 Å². The summed E-state index contributed by atoms with van der Waals surface area (Å²) < 4.78 is 34.7. The highest BCUT2D eigenvalue weighted by atomic mass is 79.9. The molecule has 0 bridgehead atoms. The Balaban J connectivity index is 2.13. The average Bonchev–Trinajstić information content (AvgIpc) is 2.92. The van der Waals surface area contributed by atoms with Gasteiger partial charge in [-0.2, -0.15) is 0 Å². The number of hydrogen-bond acceptors (Lipinski definition) is 5. The molecule has 0 amide bonds. The molecule has 1 atom stereocenters. The minimum absolute atomic E-state index is 0.100. The van der Waals surface area contributed by atoms with E-state index in [9.17, 15) is 8.42 Å². The number of hydrogen-bond donors (Lipinski definition) is 2. The lowest BCUT2D eigenvalue weighted by Crippen LogP contribution is -2.44. The van der Waals surface area contributed by atoms with Crippen molar-refractivity contribution < 1.29 is 17.9 Å². The first-order valence-electron chi connectivity index (χ1n) is 8.04. The molecule has 0 aliphatic carbocycles. The quantitative estimate of drug-likeness (QED) is 0.524. The molecular formula is C16H24BrN3O4S. The molecule has 2 N–H and O–H groups in total. The Hall–Kier alpha value is -1.48. The minimum Gasteiger partial charge on any atom is -0.493 e. The molecule has 25 heavy (non-hydrogen) atoms. The number of benzene rings is 1. The monoisotopic (exact) mass is 433 g/mol. The molecule has 0 spiro atoms. The van der Waals surface area contributed by atoms with Gasteiger partial charge in [-0.1, -0.05) is 15.9 Å². The van der Waals surface area contributed by atoms with Crippen molar-refractivity contribution in [3.05, 3.63) is 22.2 Å². The average molecular weight is 434 g/mol. The van der Waals surface area contributed by atoms with Gasteiger partial charge in [-0.05, 0) is 31.0 Å². The van der Waals surface area contributed by atoms with Gasteiger partial charge in [0.15, 0.2) is 27.3 Å². The molecule has 140 valence electrons. The molecule has 0 aromatic heterocycles. The fourth-order valence-electron chi connectivity index (χ4n) is 2.60. The lowest BCUT2D eigenvalue weighted by Gasteiger charge is -2.16. The maximum absolute atomic E-state index is 11.6. The van der Waals surface area contributed by atoms with Crippen LogP contribution >= 0.6 is 15.9 Å². The standard InChI is InChI=1S/C16H24BrN3O4S/c1-4-18-16(20-12-5-6-25(21,22)10-12)19-9-11-7-14(23-2)15(24-3)8-13(11)17/h7-8,12H,4-6,9-10H2,1-3H3,(H2,18,19,20). The third-order valence-electron chi connectivity index (χ3n) is 3.88. The summed E-state index contributed by atoms with van der Waals surface area (Å²) in [6, 6.07) is 3.61. The van der Waals surface area contributed by atoms with Crippen molar-refractivity contribution in [3.63, 3.8) is 0 Å². The van der Waals surface area contributed by atoms with Crippen LogP contribution in [0.15, 0.2) is 21.6 Å². The fraction of sp³-hybridized carbons (Fsp3) is 0.562. The number of rotatable bonds is 6. The summed E-state index contributed by atoms with van der Waals surface area (Å²) in [4.78, 5) is 4.56. The van der Waals surface area contributed by atoms with Crippen LogP contribution in [0.25, 0.3) is 0 Å². The molecule has 1 aromatic carbocycles. The van der Waals surface area contributed by atoms with E-state index in [1.54, 1.807) is 14.2 Å². The molecule has 1 aliphatic rings. The second-order valence-electron chi connectivity index (χ2n) is 5.74. The van der Waals surface area contributed by atoms with Crippen molar-refractivity contribution in [2.75, 3.05) is 32.3 Å². The van der Waals surface area contributed by atoms with Gasteiger partial charge in [-0.3, -0.25) is 0 Å². The van der Waals surface area contributed by atoms with Crippen molar-refractivity contribution in [1.29, 1.82) is 0 Å². The van der Waals surface area contributed by atoms with Gasteiger partial charge in [0, 0.05) is 17.1 Å². The lowest BCUT2D eigenvalue weighted by atomic mass is 10.2. The normalized spacial score (nSPS) is 19.5. The van der Waals surface area contributed by atoms with E-state index in [1.807, 2.05) is 19.1 Å². The molecule has 7 nitrogen and oxygen atoms in total. The maximum atomic E-state index is 11.6. The Labute approximate surface area is 157 Å². The number of sulfone groups is 1. The zero-order chi connectivity index (χ0) is 18.4. The molecule has 0 saturated carbocycles. The smallest absolute Gasteiger partial charge is 0.191 e. The highest BCUT2D eigenvalue weighted by Gasteiger charge is 2.28. The number of halogens is 1. The molecule has 1 aromatic rings. The van der Waals surface area contributed by atoms with E-state index in [-0.39, 0.29) is 17.5 Å². The Morgan fingerprint density at radius 1 is 1.32 bits per heavy atom. The van der Waals surface area contributed by atoms with Crippen LogP contribution in [-0.2, 0) is 16.4 Å². The molecule has 1 heterocycles. The molecule has 1 saturated heterocycles. The maximum Gasteiger partial charge on any atom is 0.191 e. The minimum atomic E-state index is -2.93. The van der Waals surface area contributed by atoms with E-state index < -0.39 is 9.84 Å². The van der Waals surface area contributed by atoms with E-state index in [1.165, 1.54) is 0 Å². The zero-order valence-corrected chi connectivity index (χ0v) is 17.0. The van der Waals surface area contributed by atoms with Crippen LogP contribution in [0, 0.1) is 0 Å². The van der Waals surface area contributed by atoms with Gasteiger partial charge in [-0.25, -0.2) is 13.4 Å². The summed E-state index contributed by atoms with van der Waals surface area (Å²) in [6.07, 6.45) is 0.604. The van der Waals surface area contributed by atoms with Crippen LogP contribution < -0.4 is 20.1 Å². The highest BCUT2D eigenvalue weighted by molar-refractivity contribution is 9.10. The van der Waals surface area contributed by atoms with E-state index in [0.29, 0.717) is 37.0 Å². The summed E-state index contributed by atoms with van der Waals surface area (Å²) in [7, 11) is 0.247. The molecule has 0 radical (unpaired) electrons. The number of ether oxygens (including phenoxy) is 2. The number of nitrogens with zero attached hydrogens (tertiary/aromatic N) is 1. The Morgan fingerprint density at radius 2 is 2.00 bits per heavy atom.